The molecule has 0 spiro atoms. The van der Waals surface area contributed by atoms with Crippen molar-refractivity contribution >= 4 is 11.6 Å². The SMILES string of the molecule is CC(C)CCOc1cccc(C(=O)Nc2ccc3c(c2)Cc2ccccc2-3)c1. The molecule has 0 atom stereocenters. The predicted molar refractivity (Wildman–Crippen MR) is 114 cm³/mol. The summed E-state index contributed by atoms with van der Waals surface area (Å²) in [5, 5.41) is 3.02. The molecule has 0 aromatic heterocycles. The number of benzene rings is 3. The molecule has 0 fully saturated rings. The van der Waals surface area contributed by atoms with Crippen LogP contribution in [0.25, 0.3) is 11.1 Å². The van der Waals surface area contributed by atoms with Gasteiger partial charge in [-0.1, -0.05) is 50.2 Å². The highest BCUT2D eigenvalue weighted by atomic mass is 16.5. The zero-order valence-electron chi connectivity index (χ0n) is 16.4. The molecule has 3 heteroatoms. The molecule has 1 aliphatic carbocycles. The molecular weight excluding hydrogens is 346 g/mol. The van der Waals surface area contributed by atoms with Crippen LogP contribution < -0.4 is 10.1 Å². The van der Waals surface area contributed by atoms with Crippen LogP contribution in [0, 0.1) is 5.92 Å². The molecule has 1 N–H and O–H groups in total. The molecule has 1 aliphatic rings. The molecule has 0 unspecified atom stereocenters. The van der Waals surface area contributed by atoms with E-state index in [4.69, 9.17) is 4.74 Å². The lowest BCUT2D eigenvalue weighted by Crippen LogP contribution is -2.12. The quantitative estimate of drug-likeness (QED) is 0.456. The number of hydrogen-bond donors (Lipinski definition) is 1. The number of hydrogen-bond acceptors (Lipinski definition) is 2. The van der Waals surface area contributed by atoms with E-state index in [9.17, 15) is 4.79 Å². The van der Waals surface area contributed by atoms with E-state index in [1.54, 1.807) is 6.07 Å². The van der Waals surface area contributed by atoms with Crippen molar-refractivity contribution in [3.63, 3.8) is 0 Å². The van der Waals surface area contributed by atoms with E-state index in [0.29, 0.717) is 18.1 Å². The fraction of sp³-hybridized carbons (Fsp3) is 0.240. The molecule has 1 amide bonds. The molecule has 3 nitrogen and oxygen atoms in total. The van der Waals surface area contributed by atoms with E-state index in [1.165, 1.54) is 22.3 Å². The first kappa shape index (κ1) is 18.3. The second kappa shape index (κ2) is 7.89. The van der Waals surface area contributed by atoms with Crippen LogP contribution in [-0.4, -0.2) is 12.5 Å². The smallest absolute Gasteiger partial charge is 0.255 e. The van der Waals surface area contributed by atoms with E-state index >= 15 is 0 Å². The van der Waals surface area contributed by atoms with Crippen LogP contribution in [0.4, 0.5) is 5.69 Å². The Balaban J connectivity index is 1.45. The van der Waals surface area contributed by atoms with Crippen molar-refractivity contribution in [2.45, 2.75) is 26.7 Å². The lowest BCUT2D eigenvalue weighted by atomic mass is 10.1. The summed E-state index contributed by atoms with van der Waals surface area (Å²) in [5.41, 5.74) is 6.57. The van der Waals surface area contributed by atoms with Gasteiger partial charge in [0.15, 0.2) is 0 Å². The summed E-state index contributed by atoms with van der Waals surface area (Å²) in [6, 6.07) is 22.0. The van der Waals surface area contributed by atoms with Crippen LogP contribution in [0.2, 0.25) is 0 Å². The zero-order valence-corrected chi connectivity index (χ0v) is 16.4. The average Bonchev–Trinajstić information content (AvgIpc) is 3.05. The summed E-state index contributed by atoms with van der Waals surface area (Å²) in [6.45, 7) is 5.00. The molecule has 0 saturated heterocycles. The van der Waals surface area contributed by atoms with Crippen molar-refractivity contribution in [1.82, 2.24) is 0 Å². The number of amides is 1. The van der Waals surface area contributed by atoms with Gasteiger partial charge in [0.25, 0.3) is 5.91 Å². The number of nitrogens with one attached hydrogen (secondary N) is 1. The molecule has 0 heterocycles. The summed E-state index contributed by atoms with van der Waals surface area (Å²) in [6.07, 6.45) is 1.91. The standard InChI is InChI=1S/C25H25NO2/c1-17(2)12-13-28-22-8-5-7-19(16-22)25(27)26-21-10-11-24-20(15-21)14-18-6-3-4-9-23(18)24/h3-11,15-17H,12-14H2,1-2H3,(H,26,27). The highest BCUT2D eigenvalue weighted by Gasteiger charge is 2.18. The minimum atomic E-state index is -0.121. The van der Waals surface area contributed by atoms with Crippen LogP contribution in [-0.2, 0) is 6.42 Å². The molecule has 142 valence electrons. The van der Waals surface area contributed by atoms with Gasteiger partial charge in [-0.05, 0) is 71.3 Å². The van der Waals surface area contributed by atoms with Gasteiger partial charge < -0.3 is 10.1 Å². The minimum absolute atomic E-state index is 0.121. The van der Waals surface area contributed by atoms with Gasteiger partial charge in [-0.2, -0.15) is 0 Å². The van der Waals surface area contributed by atoms with Gasteiger partial charge in [0.2, 0.25) is 0 Å². The summed E-state index contributed by atoms with van der Waals surface area (Å²) in [5.74, 6) is 1.21. The Bertz CT molecular complexity index is 1010. The first-order valence-electron chi connectivity index (χ1n) is 9.85. The molecule has 3 aromatic carbocycles. The van der Waals surface area contributed by atoms with Crippen molar-refractivity contribution in [3.8, 4) is 16.9 Å². The van der Waals surface area contributed by atoms with Crippen molar-refractivity contribution < 1.29 is 9.53 Å². The molecular formula is C25H25NO2. The Morgan fingerprint density at radius 2 is 1.79 bits per heavy atom. The Morgan fingerprint density at radius 1 is 0.964 bits per heavy atom. The Labute approximate surface area is 166 Å². The van der Waals surface area contributed by atoms with Gasteiger partial charge in [0.05, 0.1) is 6.61 Å². The topological polar surface area (TPSA) is 38.3 Å². The fourth-order valence-corrected chi connectivity index (χ4v) is 3.57. The van der Waals surface area contributed by atoms with E-state index in [2.05, 4.69) is 55.6 Å². The number of carbonyl (C=O) groups is 1. The van der Waals surface area contributed by atoms with E-state index in [0.717, 1.165) is 24.3 Å². The number of anilines is 1. The van der Waals surface area contributed by atoms with Crippen molar-refractivity contribution in [3.05, 3.63) is 83.4 Å². The predicted octanol–water partition coefficient (Wildman–Crippen LogP) is 5.94. The van der Waals surface area contributed by atoms with Crippen LogP contribution in [0.15, 0.2) is 66.7 Å². The monoisotopic (exact) mass is 371 g/mol. The van der Waals surface area contributed by atoms with E-state index in [-0.39, 0.29) is 5.91 Å². The van der Waals surface area contributed by atoms with Gasteiger partial charge in [-0.3, -0.25) is 4.79 Å². The first-order chi connectivity index (χ1) is 13.6. The third-order valence-electron chi connectivity index (χ3n) is 5.11. The number of carbonyl (C=O) groups excluding carboxylic acids is 1. The van der Waals surface area contributed by atoms with Crippen molar-refractivity contribution in [2.24, 2.45) is 5.92 Å². The second-order valence-corrected chi connectivity index (χ2v) is 7.72. The molecule has 0 bridgehead atoms. The molecule has 28 heavy (non-hydrogen) atoms. The van der Waals surface area contributed by atoms with Crippen molar-refractivity contribution in [1.29, 1.82) is 0 Å². The zero-order chi connectivity index (χ0) is 19.5. The van der Waals surface area contributed by atoms with E-state index in [1.807, 2.05) is 24.3 Å². The largest absolute Gasteiger partial charge is 0.494 e. The molecule has 0 radical (unpaired) electrons. The average molecular weight is 371 g/mol. The molecule has 0 saturated carbocycles. The van der Waals surface area contributed by atoms with Crippen LogP contribution >= 0.6 is 0 Å². The van der Waals surface area contributed by atoms with E-state index < -0.39 is 0 Å². The van der Waals surface area contributed by atoms with Gasteiger partial charge in [-0.15, -0.1) is 0 Å². The van der Waals surface area contributed by atoms with Crippen LogP contribution in [0.3, 0.4) is 0 Å². The first-order valence-corrected chi connectivity index (χ1v) is 9.85. The second-order valence-electron chi connectivity index (χ2n) is 7.72. The number of rotatable bonds is 6. The maximum absolute atomic E-state index is 12.7. The minimum Gasteiger partial charge on any atom is -0.494 e. The summed E-state index contributed by atoms with van der Waals surface area (Å²) >= 11 is 0. The Kier molecular flexibility index (Phi) is 5.16. The number of ether oxygens (including phenoxy) is 1. The van der Waals surface area contributed by atoms with Crippen LogP contribution in [0.1, 0.15) is 41.8 Å². The summed E-state index contributed by atoms with van der Waals surface area (Å²) in [4.78, 5) is 12.7. The lowest BCUT2D eigenvalue weighted by Gasteiger charge is -2.10. The summed E-state index contributed by atoms with van der Waals surface area (Å²) in [7, 11) is 0. The lowest BCUT2D eigenvalue weighted by molar-refractivity contribution is 0.102. The third-order valence-corrected chi connectivity index (χ3v) is 5.11. The number of fused-ring (bicyclic) bond motifs is 3. The normalized spacial score (nSPS) is 11.8. The molecule has 3 aromatic rings. The maximum atomic E-state index is 12.7. The summed E-state index contributed by atoms with van der Waals surface area (Å²) < 4.78 is 5.77. The van der Waals surface area contributed by atoms with Gasteiger partial charge in [0, 0.05) is 11.3 Å². The Morgan fingerprint density at radius 3 is 2.64 bits per heavy atom. The van der Waals surface area contributed by atoms with Crippen LogP contribution in [0.5, 0.6) is 5.75 Å². The van der Waals surface area contributed by atoms with Gasteiger partial charge in [0.1, 0.15) is 5.75 Å². The molecule has 4 rings (SSSR count). The molecule has 0 aliphatic heterocycles. The maximum Gasteiger partial charge on any atom is 0.255 e. The van der Waals surface area contributed by atoms with Gasteiger partial charge >= 0.3 is 0 Å². The highest BCUT2D eigenvalue weighted by molar-refractivity contribution is 6.04. The fourth-order valence-electron chi connectivity index (χ4n) is 3.57. The van der Waals surface area contributed by atoms with Crippen molar-refractivity contribution in [2.75, 3.05) is 11.9 Å². The Hall–Kier alpha value is -3.07. The highest BCUT2D eigenvalue weighted by Crippen LogP contribution is 2.37. The third kappa shape index (κ3) is 3.94. The van der Waals surface area contributed by atoms with Gasteiger partial charge in [-0.25, -0.2) is 0 Å².